The van der Waals surface area contributed by atoms with Crippen LogP contribution < -0.4 is 11.3 Å². The molecule has 0 radical (unpaired) electrons. The normalized spacial score (nSPS) is 12.5. The Bertz CT molecular complexity index is 621. The summed E-state index contributed by atoms with van der Waals surface area (Å²) in [6.45, 7) is 0. The van der Waals surface area contributed by atoms with E-state index in [9.17, 15) is 13.2 Å². The zero-order valence-corrected chi connectivity index (χ0v) is 13.8. The molecule has 112 valence electrons. The smallest absolute Gasteiger partial charge is 0.132 e. The second-order valence-corrected chi connectivity index (χ2v) is 6.32. The molecule has 0 aliphatic carbocycles. The first-order valence-electron chi connectivity index (χ1n) is 5.96. The van der Waals surface area contributed by atoms with Crippen LogP contribution in [0.1, 0.15) is 17.2 Å². The number of nitrogens with one attached hydrogen (secondary N) is 1. The second-order valence-electron chi connectivity index (χ2n) is 4.48. The Morgan fingerprint density at radius 2 is 1.52 bits per heavy atom. The molecule has 0 amide bonds. The molecule has 3 N–H and O–H groups in total. The lowest BCUT2D eigenvalue weighted by molar-refractivity contribution is 0.471. The molecule has 2 rings (SSSR count). The first kappa shape index (κ1) is 16.5. The molecule has 0 saturated heterocycles. The zero-order chi connectivity index (χ0) is 15.6. The monoisotopic (exact) mass is 422 g/mol. The molecule has 0 spiro atoms. The lowest BCUT2D eigenvalue weighted by Crippen LogP contribution is -2.31. The van der Waals surface area contributed by atoms with Gasteiger partial charge in [0.15, 0.2) is 0 Å². The van der Waals surface area contributed by atoms with E-state index in [1.165, 1.54) is 12.1 Å². The van der Waals surface area contributed by atoms with Crippen molar-refractivity contribution in [1.29, 1.82) is 0 Å². The van der Waals surface area contributed by atoms with E-state index in [-0.39, 0.29) is 12.0 Å². The van der Waals surface area contributed by atoms with Gasteiger partial charge in [-0.1, -0.05) is 31.9 Å². The molecule has 0 heterocycles. The van der Waals surface area contributed by atoms with E-state index in [2.05, 4.69) is 37.3 Å². The van der Waals surface area contributed by atoms with Crippen LogP contribution in [-0.4, -0.2) is 0 Å². The molecule has 21 heavy (non-hydrogen) atoms. The van der Waals surface area contributed by atoms with Crippen molar-refractivity contribution in [3.8, 4) is 0 Å². The standard InChI is InChI=1S/C14H11Br2F3N2/c15-8-1-7(2-10(17)4-8)3-13(21-20)14-11(18)5-9(16)6-12(14)19/h1-2,4-6,13,21H,3,20H2. The van der Waals surface area contributed by atoms with Gasteiger partial charge in [0.05, 0.1) is 6.04 Å². The summed E-state index contributed by atoms with van der Waals surface area (Å²) in [5.41, 5.74) is 2.76. The summed E-state index contributed by atoms with van der Waals surface area (Å²) in [4.78, 5) is 0. The topological polar surface area (TPSA) is 38.0 Å². The van der Waals surface area contributed by atoms with Gasteiger partial charge in [0.25, 0.3) is 0 Å². The minimum atomic E-state index is -0.813. The van der Waals surface area contributed by atoms with Crippen LogP contribution in [0.15, 0.2) is 39.3 Å². The first-order chi connectivity index (χ1) is 9.90. The number of hydrogen-bond donors (Lipinski definition) is 2. The Morgan fingerprint density at radius 1 is 0.952 bits per heavy atom. The van der Waals surface area contributed by atoms with Gasteiger partial charge in [-0.05, 0) is 42.3 Å². The van der Waals surface area contributed by atoms with Crippen LogP contribution in [0.2, 0.25) is 0 Å². The molecule has 0 saturated carbocycles. The number of benzene rings is 2. The van der Waals surface area contributed by atoms with Gasteiger partial charge in [-0.3, -0.25) is 11.3 Å². The van der Waals surface area contributed by atoms with E-state index < -0.39 is 23.5 Å². The summed E-state index contributed by atoms with van der Waals surface area (Å²) in [5, 5.41) is 0. The summed E-state index contributed by atoms with van der Waals surface area (Å²) in [7, 11) is 0. The lowest BCUT2D eigenvalue weighted by Gasteiger charge is -2.18. The summed E-state index contributed by atoms with van der Waals surface area (Å²) in [6, 6.07) is 5.77. The number of halogens is 5. The number of hydrazine groups is 1. The van der Waals surface area contributed by atoms with Crippen LogP contribution in [0, 0.1) is 17.5 Å². The van der Waals surface area contributed by atoms with E-state index in [0.29, 0.717) is 14.5 Å². The Kier molecular flexibility index (Phi) is 5.43. The van der Waals surface area contributed by atoms with Crippen LogP contribution in [0.5, 0.6) is 0 Å². The fourth-order valence-corrected chi connectivity index (χ4v) is 3.01. The van der Waals surface area contributed by atoms with Crippen LogP contribution in [0.3, 0.4) is 0 Å². The van der Waals surface area contributed by atoms with Crippen LogP contribution in [0.4, 0.5) is 13.2 Å². The van der Waals surface area contributed by atoms with Crippen molar-refractivity contribution < 1.29 is 13.2 Å². The van der Waals surface area contributed by atoms with E-state index in [1.807, 2.05) is 0 Å². The highest BCUT2D eigenvalue weighted by molar-refractivity contribution is 9.10. The predicted octanol–water partition coefficient (Wildman–Crippen LogP) is 4.38. The molecule has 2 aromatic rings. The highest BCUT2D eigenvalue weighted by atomic mass is 79.9. The van der Waals surface area contributed by atoms with Crippen molar-refractivity contribution in [1.82, 2.24) is 5.43 Å². The molecule has 0 fully saturated rings. The number of hydrogen-bond acceptors (Lipinski definition) is 2. The molecule has 0 bridgehead atoms. The van der Waals surface area contributed by atoms with Crippen molar-refractivity contribution in [2.75, 3.05) is 0 Å². The summed E-state index contributed by atoms with van der Waals surface area (Å²) in [6.07, 6.45) is 0.141. The first-order valence-corrected chi connectivity index (χ1v) is 7.55. The van der Waals surface area contributed by atoms with Crippen molar-refractivity contribution in [3.63, 3.8) is 0 Å². The Labute approximate surface area is 136 Å². The van der Waals surface area contributed by atoms with Gasteiger partial charge in [0.1, 0.15) is 17.5 Å². The minimum absolute atomic E-state index is 0.141. The largest absolute Gasteiger partial charge is 0.271 e. The molecule has 2 nitrogen and oxygen atoms in total. The maximum atomic E-state index is 14.0. The Morgan fingerprint density at radius 3 is 2.05 bits per heavy atom. The summed E-state index contributed by atoms with van der Waals surface area (Å²) < 4.78 is 42.1. The fraction of sp³-hybridized carbons (Fsp3) is 0.143. The molecule has 0 aromatic heterocycles. The van der Waals surface area contributed by atoms with Crippen molar-refractivity contribution >= 4 is 31.9 Å². The zero-order valence-electron chi connectivity index (χ0n) is 10.6. The highest BCUT2D eigenvalue weighted by Crippen LogP contribution is 2.27. The van der Waals surface area contributed by atoms with Gasteiger partial charge in [-0.25, -0.2) is 13.2 Å². The maximum Gasteiger partial charge on any atom is 0.132 e. The van der Waals surface area contributed by atoms with Crippen molar-refractivity contribution in [3.05, 3.63) is 67.9 Å². The van der Waals surface area contributed by atoms with Crippen molar-refractivity contribution in [2.24, 2.45) is 5.84 Å². The number of rotatable bonds is 4. The minimum Gasteiger partial charge on any atom is -0.271 e. The predicted molar refractivity (Wildman–Crippen MR) is 81.9 cm³/mol. The van der Waals surface area contributed by atoms with Gasteiger partial charge in [-0.15, -0.1) is 0 Å². The van der Waals surface area contributed by atoms with E-state index in [0.717, 1.165) is 12.1 Å². The maximum absolute atomic E-state index is 14.0. The molecular weight excluding hydrogens is 413 g/mol. The van der Waals surface area contributed by atoms with Gasteiger partial charge in [0.2, 0.25) is 0 Å². The van der Waals surface area contributed by atoms with E-state index >= 15 is 0 Å². The fourth-order valence-electron chi connectivity index (χ4n) is 2.10. The summed E-state index contributed by atoms with van der Waals surface area (Å²) in [5.74, 6) is 3.52. The SMILES string of the molecule is NNC(Cc1cc(F)cc(Br)c1)c1c(F)cc(Br)cc1F. The van der Waals surface area contributed by atoms with Crippen molar-refractivity contribution in [2.45, 2.75) is 12.5 Å². The van der Waals surface area contributed by atoms with Crippen LogP contribution >= 0.6 is 31.9 Å². The van der Waals surface area contributed by atoms with Crippen LogP contribution in [-0.2, 0) is 6.42 Å². The average Bonchev–Trinajstić information content (AvgIpc) is 2.35. The molecule has 7 heteroatoms. The molecule has 0 aliphatic rings. The van der Waals surface area contributed by atoms with Gasteiger partial charge in [0, 0.05) is 14.5 Å². The lowest BCUT2D eigenvalue weighted by atomic mass is 9.98. The van der Waals surface area contributed by atoms with Gasteiger partial charge in [-0.2, -0.15) is 0 Å². The second kappa shape index (κ2) is 6.91. The molecule has 0 aliphatic heterocycles. The van der Waals surface area contributed by atoms with Gasteiger partial charge < -0.3 is 0 Å². The average molecular weight is 424 g/mol. The van der Waals surface area contributed by atoms with E-state index in [4.69, 9.17) is 5.84 Å². The Hall–Kier alpha value is -0.890. The van der Waals surface area contributed by atoms with E-state index in [1.54, 1.807) is 6.07 Å². The third kappa shape index (κ3) is 4.06. The Balaban J connectivity index is 2.36. The van der Waals surface area contributed by atoms with Gasteiger partial charge >= 0.3 is 0 Å². The molecular formula is C14H11Br2F3N2. The quantitative estimate of drug-likeness (QED) is 0.565. The number of nitrogens with two attached hydrogens (primary N) is 1. The third-order valence-corrected chi connectivity index (χ3v) is 3.87. The molecule has 1 atom stereocenters. The molecule has 2 aromatic carbocycles. The van der Waals surface area contributed by atoms with Crippen LogP contribution in [0.25, 0.3) is 0 Å². The molecule has 1 unspecified atom stereocenters. The highest BCUT2D eigenvalue weighted by Gasteiger charge is 2.21. The summed E-state index contributed by atoms with van der Waals surface area (Å²) >= 11 is 6.19. The third-order valence-electron chi connectivity index (χ3n) is 2.96.